The summed E-state index contributed by atoms with van der Waals surface area (Å²) in [4.78, 5) is 4.94. The van der Waals surface area contributed by atoms with Crippen molar-refractivity contribution < 1.29 is 8.42 Å². The monoisotopic (exact) mass is 362 g/mol. The fraction of sp³-hybridized carbons (Fsp3) is 0.0952. The van der Waals surface area contributed by atoms with Gasteiger partial charge in [0.15, 0.2) is 0 Å². The van der Waals surface area contributed by atoms with Gasteiger partial charge in [-0.25, -0.2) is 13.1 Å². The second kappa shape index (κ2) is 6.52. The van der Waals surface area contributed by atoms with Crippen LogP contribution in [0.2, 0.25) is 0 Å². The molecule has 0 aliphatic heterocycles. The third-order valence-electron chi connectivity index (χ3n) is 4.45. The molecule has 5 heteroatoms. The zero-order valence-corrected chi connectivity index (χ0v) is 15.1. The molecule has 0 bridgehead atoms. The van der Waals surface area contributed by atoms with Crippen LogP contribution in [0, 0.1) is 6.92 Å². The number of rotatable bonds is 4. The number of nitrogens with one attached hydrogen (secondary N) is 1. The normalized spacial score (nSPS) is 11.9. The molecule has 1 N–H and O–H groups in total. The van der Waals surface area contributed by atoms with E-state index in [1.165, 1.54) is 0 Å². The number of nitrogens with zero attached hydrogens (tertiary/aromatic N) is 1. The molecule has 3 aromatic carbocycles. The Balaban J connectivity index is 1.74. The van der Waals surface area contributed by atoms with Crippen LogP contribution in [0.15, 0.2) is 77.7 Å². The fourth-order valence-electron chi connectivity index (χ4n) is 3.07. The van der Waals surface area contributed by atoms with E-state index < -0.39 is 10.0 Å². The predicted molar refractivity (Wildman–Crippen MR) is 104 cm³/mol. The van der Waals surface area contributed by atoms with Gasteiger partial charge in [-0.1, -0.05) is 60.2 Å². The zero-order chi connectivity index (χ0) is 18.1. The minimum Gasteiger partial charge on any atom is -0.251 e. The highest BCUT2D eigenvalue weighted by Crippen LogP contribution is 2.26. The number of fused-ring (bicyclic) bond motifs is 3. The molecule has 0 radical (unpaired) electrons. The Morgan fingerprint density at radius 2 is 1.42 bits per heavy atom. The Bertz CT molecular complexity index is 1200. The maximum atomic E-state index is 12.6. The predicted octanol–water partition coefficient (Wildman–Crippen LogP) is 4.17. The molecule has 0 aliphatic rings. The average Bonchev–Trinajstić information content (AvgIpc) is 2.66. The maximum Gasteiger partial charge on any atom is 0.240 e. The lowest BCUT2D eigenvalue weighted by Crippen LogP contribution is -2.23. The number of aromatic nitrogens is 1. The molecule has 0 spiro atoms. The number of benzene rings is 3. The number of sulfonamides is 1. The van der Waals surface area contributed by atoms with Gasteiger partial charge in [-0.05, 0) is 30.5 Å². The van der Waals surface area contributed by atoms with Crippen molar-refractivity contribution in [2.45, 2.75) is 18.4 Å². The van der Waals surface area contributed by atoms with Crippen molar-refractivity contribution >= 4 is 31.7 Å². The van der Waals surface area contributed by atoms with E-state index in [0.717, 1.165) is 32.9 Å². The first-order chi connectivity index (χ1) is 12.5. The molecular weight excluding hydrogens is 344 g/mol. The topological polar surface area (TPSA) is 59.1 Å². The first-order valence-corrected chi connectivity index (χ1v) is 9.86. The van der Waals surface area contributed by atoms with Gasteiger partial charge < -0.3 is 0 Å². The van der Waals surface area contributed by atoms with Gasteiger partial charge in [0, 0.05) is 10.8 Å². The molecule has 4 aromatic rings. The number of aryl methyl sites for hydroxylation is 1. The standard InChI is InChI=1S/C21H18N2O2S/c1-15-10-12-16(13-11-15)26(24,25)22-14-21-19-8-3-2-6-17(19)18-7-4-5-9-20(18)23-21/h2-13,22H,14H2,1H3. The Morgan fingerprint density at radius 1 is 0.808 bits per heavy atom. The van der Waals surface area contributed by atoms with Crippen molar-refractivity contribution in [3.8, 4) is 0 Å². The van der Waals surface area contributed by atoms with Crippen LogP contribution in [0.5, 0.6) is 0 Å². The Morgan fingerprint density at radius 3 is 2.15 bits per heavy atom. The van der Waals surface area contributed by atoms with E-state index >= 15 is 0 Å². The molecule has 1 aromatic heterocycles. The van der Waals surface area contributed by atoms with Crippen molar-refractivity contribution in [1.29, 1.82) is 0 Å². The number of hydrogen-bond donors (Lipinski definition) is 1. The molecule has 130 valence electrons. The van der Waals surface area contributed by atoms with Gasteiger partial charge in [0.2, 0.25) is 10.0 Å². The Hall–Kier alpha value is -2.76. The van der Waals surface area contributed by atoms with Crippen LogP contribution < -0.4 is 4.72 Å². The third kappa shape index (κ3) is 3.07. The molecule has 0 unspecified atom stereocenters. The lowest BCUT2D eigenvalue weighted by molar-refractivity contribution is 0.581. The van der Waals surface area contributed by atoms with Crippen molar-refractivity contribution in [3.05, 3.63) is 84.1 Å². The van der Waals surface area contributed by atoms with E-state index in [9.17, 15) is 8.42 Å². The van der Waals surface area contributed by atoms with Crippen molar-refractivity contribution in [2.24, 2.45) is 0 Å². The van der Waals surface area contributed by atoms with Crippen molar-refractivity contribution in [3.63, 3.8) is 0 Å². The van der Waals surface area contributed by atoms with Gasteiger partial charge in [0.25, 0.3) is 0 Å². The average molecular weight is 362 g/mol. The molecular formula is C21H18N2O2S. The second-order valence-electron chi connectivity index (χ2n) is 6.26. The summed E-state index contributed by atoms with van der Waals surface area (Å²) < 4.78 is 27.8. The smallest absolute Gasteiger partial charge is 0.240 e. The molecule has 4 nitrogen and oxygen atoms in total. The first kappa shape index (κ1) is 16.7. The summed E-state index contributed by atoms with van der Waals surface area (Å²) in [5, 5.41) is 3.09. The Labute approximate surface area is 152 Å². The van der Waals surface area contributed by atoms with Crippen LogP contribution in [0.25, 0.3) is 21.7 Å². The molecule has 0 atom stereocenters. The summed E-state index contributed by atoms with van der Waals surface area (Å²) >= 11 is 0. The second-order valence-corrected chi connectivity index (χ2v) is 8.03. The van der Waals surface area contributed by atoms with E-state index in [0.29, 0.717) is 0 Å². The third-order valence-corrected chi connectivity index (χ3v) is 5.87. The summed E-state index contributed by atoms with van der Waals surface area (Å²) in [6, 6.07) is 22.6. The molecule has 26 heavy (non-hydrogen) atoms. The molecule has 0 aliphatic carbocycles. The highest BCUT2D eigenvalue weighted by molar-refractivity contribution is 7.89. The molecule has 1 heterocycles. The quantitative estimate of drug-likeness (QED) is 0.554. The number of hydrogen-bond acceptors (Lipinski definition) is 3. The zero-order valence-electron chi connectivity index (χ0n) is 14.3. The van der Waals surface area contributed by atoms with Crippen LogP contribution in [0.3, 0.4) is 0 Å². The molecule has 0 fully saturated rings. The van der Waals surface area contributed by atoms with Gasteiger partial charge in [-0.3, -0.25) is 4.98 Å². The van der Waals surface area contributed by atoms with Crippen molar-refractivity contribution in [2.75, 3.05) is 0 Å². The van der Waals surface area contributed by atoms with Crippen LogP contribution in [-0.4, -0.2) is 13.4 Å². The minimum absolute atomic E-state index is 0.140. The summed E-state index contributed by atoms with van der Waals surface area (Å²) in [6.07, 6.45) is 0. The molecule has 4 rings (SSSR count). The van der Waals surface area contributed by atoms with Gasteiger partial charge >= 0.3 is 0 Å². The summed E-state index contributed by atoms with van der Waals surface area (Å²) in [5.74, 6) is 0. The number of para-hydroxylation sites is 1. The van der Waals surface area contributed by atoms with E-state index in [-0.39, 0.29) is 11.4 Å². The minimum atomic E-state index is -3.59. The lowest BCUT2D eigenvalue weighted by Gasteiger charge is -2.11. The van der Waals surface area contributed by atoms with Crippen LogP contribution in [0.1, 0.15) is 11.3 Å². The van der Waals surface area contributed by atoms with E-state index in [2.05, 4.69) is 9.71 Å². The first-order valence-electron chi connectivity index (χ1n) is 8.37. The molecule has 0 amide bonds. The molecule has 0 saturated heterocycles. The summed E-state index contributed by atoms with van der Waals surface area (Å²) in [5.41, 5.74) is 2.59. The van der Waals surface area contributed by atoms with Crippen LogP contribution >= 0.6 is 0 Å². The highest BCUT2D eigenvalue weighted by Gasteiger charge is 2.15. The van der Waals surface area contributed by atoms with Gasteiger partial charge in [-0.15, -0.1) is 0 Å². The van der Waals surface area contributed by atoms with Gasteiger partial charge in [0.1, 0.15) is 0 Å². The largest absolute Gasteiger partial charge is 0.251 e. The fourth-order valence-corrected chi connectivity index (χ4v) is 4.06. The molecule has 0 saturated carbocycles. The van der Waals surface area contributed by atoms with E-state index in [4.69, 9.17) is 0 Å². The summed E-state index contributed by atoms with van der Waals surface area (Å²) in [6.45, 7) is 2.07. The van der Waals surface area contributed by atoms with Gasteiger partial charge in [-0.2, -0.15) is 0 Å². The lowest BCUT2D eigenvalue weighted by atomic mass is 10.0. The Kier molecular flexibility index (Phi) is 4.18. The van der Waals surface area contributed by atoms with E-state index in [1.807, 2.05) is 55.5 Å². The number of pyridine rings is 1. The maximum absolute atomic E-state index is 12.6. The highest BCUT2D eigenvalue weighted by atomic mass is 32.2. The SMILES string of the molecule is Cc1ccc(S(=O)(=O)NCc2nc3ccccc3c3ccccc23)cc1. The van der Waals surface area contributed by atoms with Gasteiger partial charge in [0.05, 0.1) is 22.7 Å². The van der Waals surface area contributed by atoms with E-state index in [1.54, 1.807) is 24.3 Å². The summed E-state index contributed by atoms with van der Waals surface area (Å²) in [7, 11) is -3.59. The van der Waals surface area contributed by atoms with Crippen molar-refractivity contribution in [1.82, 2.24) is 9.71 Å². The van der Waals surface area contributed by atoms with Crippen LogP contribution in [-0.2, 0) is 16.6 Å². The van der Waals surface area contributed by atoms with Crippen LogP contribution in [0.4, 0.5) is 0 Å².